The van der Waals surface area contributed by atoms with E-state index in [2.05, 4.69) is 32.9 Å². The standard InChI is InChI=1S/C23H28N6O2/c1-2-25-23(26-14-18-7-5-10-21(13-18)31-17-22(24)30)27-15-19-8-3-4-9-20(19)16-29-12-6-11-28-29/h3-13H,2,14-17H2,1H3,(H2,24,30)(H2,25,26,27). The highest BCUT2D eigenvalue weighted by Crippen LogP contribution is 2.14. The van der Waals surface area contributed by atoms with Crippen molar-refractivity contribution in [3.8, 4) is 5.75 Å². The van der Waals surface area contributed by atoms with Gasteiger partial charge in [0.25, 0.3) is 5.91 Å². The van der Waals surface area contributed by atoms with Gasteiger partial charge in [-0.1, -0.05) is 36.4 Å². The van der Waals surface area contributed by atoms with Gasteiger partial charge in [0.1, 0.15) is 5.75 Å². The summed E-state index contributed by atoms with van der Waals surface area (Å²) in [6.45, 7) is 4.47. The number of guanidine groups is 1. The molecule has 0 fully saturated rings. The number of nitrogens with two attached hydrogens (primary N) is 1. The van der Waals surface area contributed by atoms with Gasteiger partial charge < -0.3 is 21.1 Å². The smallest absolute Gasteiger partial charge is 0.255 e. The average Bonchev–Trinajstić information content (AvgIpc) is 3.28. The molecule has 0 unspecified atom stereocenters. The highest BCUT2D eigenvalue weighted by molar-refractivity contribution is 5.79. The van der Waals surface area contributed by atoms with Gasteiger partial charge >= 0.3 is 0 Å². The van der Waals surface area contributed by atoms with Crippen LogP contribution in [0.1, 0.15) is 23.6 Å². The summed E-state index contributed by atoms with van der Waals surface area (Å²) in [4.78, 5) is 15.6. The second-order valence-electron chi connectivity index (χ2n) is 6.92. The van der Waals surface area contributed by atoms with Crippen molar-refractivity contribution >= 4 is 11.9 Å². The summed E-state index contributed by atoms with van der Waals surface area (Å²) in [5, 5.41) is 11.0. The Kier molecular flexibility index (Phi) is 8.05. The molecule has 1 aromatic heterocycles. The topological polar surface area (TPSA) is 107 Å². The molecule has 4 N–H and O–H groups in total. The fraction of sp³-hybridized carbons (Fsp3) is 0.261. The molecule has 0 aliphatic rings. The third kappa shape index (κ3) is 7.18. The van der Waals surface area contributed by atoms with Gasteiger partial charge in [0.2, 0.25) is 0 Å². The molecular formula is C23H28N6O2. The summed E-state index contributed by atoms with van der Waals surface area (Å²) >= 11 is 0. The van der Waals surface area contributed by atoms with Gasteiger partial charge in [-0.3, -0.25) is 9.48 Å². The lowest BCUT2D eigenvalue weighted by atomic mass is 10.1. The first-order chi connectivity index (χ1) is 15.1. The summed E-state index contributed by atoms with van der Waals surface area (Å²) < 4.78 is 7.27. The molecule has 0 aliphatic carbocycles. The maximum atomic E-state index is 10.9. The van der Waals surface area contributed by atoms with Crippen LogP contribution in [0.2, 0.25) is 0 Å². The minimum Gasteiger partial charge on any atom is -0.484 e. The summed E-state index contributed by atoms with van der Waals surface area (Å²) in [6.07, 6.45) is 3.74. The van der Waals surface area contributed by atoms with Gasteiger partial charge in [-0.2, -0.15) is 5.10 Å². The first kappa shape index (κ1) is 21.9. The highest BCUT2D eigenvalue weighted by atomic mass is 16.5. The number of hydrogen-bond acceptors (Lipinski definition) is 4. The quantitative estimate of drug-likeness (QED) is 0.344. The first-order valence-corrected chi connectivity index (χ1v) is 10.2. The third-order valence-electron chi connectivity index (χ3n) is 4.50. The molecule has 8 nitrogen and oxygen atoms in total. The van der Waals surface area contributed by atoms with E-state index in [1.54, 1.807) is 12.3 Å². The van der Waals surface area contributed by atoms with Crippen LogP contribution < -0.4 is 21.1 Å². The lowest BCUT2D eigenvalue weighted by molar-refractivity contribution is -0.119. The highest BCUT2D eigenvalue weighted by Gasteiger charge is 2.05. The molecule has 0 radical (unpaired) electrons. The van der Waals surface area contributed by atoms with Crippen LogP contribution in [0.4, 0.5) is 0 Å². The summed E-state index contributed by atoms with van der Waals surface area (Å²) in [6, 6.07) is 17.7. The molecule has 0 saturated heterocycles. The molecule has 0 aliphatic heterocycles. The van der Waals surface area contributed by atoms with Gasteiger partial charge in [-0.05, 0) is 41.8 Å². The number of carbonyl (C=O) groups excluding carboxylic acids is 1. The Hall–Kier alpha value is -3.81. The van der Waals surface area contributed by atoms with E-state index < -0.39 is 5.91 Å². The van der Waals surface area contributed by atoms with Crippen molar-refractivity contribution in [2.75, 3.05) is 13.2 Å². The maximum Gasteiger partial charge on any atom is 0.255 e. The van der Waals surface area contributed by atoms with Crippen molar-refractivity contribution in [3.05, 3.63) is 83.7 Å². The summed E-state index contributed by atoms with van der Waals surface area (Å²) in [5.74, 6) is 0.812. The fourth-order valence-electron chi connectivity index (χ4n) is 3.03. The first-order valence-electron chi connectivity index (χ1n) is 10.2. The van der Waals surface area contributed by atoms with Crippen LogP contribution in [0, 0.1) is 0 Å². The van der Waals surface area contributed by atoms with Gasteiger partial charge in [0, 0.05) is 25.5 Å². The molecule has 31 heavy (non-hydrogen) atoms. The average molecular weight is 421 g/mol. The van der Waals surface area contributed by atoms with E-state index in [0.717, 1.165) is 24.6 Å². The van der Waals surface area contributed by atoms with Gasteiger partial charge in [-0.25, -0.2) is 4.99 Å². The van der Waals surface area contributed by atoms with Crippen molar-refractivity contribution in [2.24, 2.45) is 10.7 Å². The minimum atomic E-state index is -0.505. The zero-order chi connectivity index (χ0) is 21.9. The van der Waals surface area contributed by atoms with Crippen LogP contribution in [0.15, 0.2) is 72.0 Å². The van der Waals surface area contributed by atoms with E-state index in [9.17, 15) is 4.79 Å². The molecule has 0 atom stereocenters. The van der Waals surface area contributed by atoms with Gasteiger partial charge in [-0.15, -0.1) is 0 Å². The number of aliphatic imine (C=N–C) groups is 1. The molecule has 2 aromatic carbocycles. The molecule has 3 rings (SSSR count). The molecule has 0 bridgehead atoms. The summed E-state index contributed by atoms with van der Waals surface area (Å²) in [7, 11) is 0. The van der Waals surface area contributed by atoms with E-state index in [1.807, 2.05) is 54.2 Å². The Morgan fingerprint density at radius 2 is 1.97 bits per heavy atom. The number of rotatable bonds is 10. The van der Waals surface area contributed by atoms with Crippen molar-refractivity contribution in [1.82, 2.24) is 20.4 Å². The minimum absolute atomic E-state index is 0.144. The molecule has 3 aromatic rings. The third-order valence-corrected chi connectivity index (χ3v) is 4.50. The van der Waals surface area contributed by atoms with Crippen molar-refractivity contribution in [2.45, 2.75) is 26.6 Å². The number of benzene rings is 2. The van der Waals surface area contributed by atoms with E-state index in [0.29, 0.717) is 18.8 Å². The predicted octanol–water partition coefficient (Wildman–Crippen LogP) is 2.05. The number of amides is 1. The summed E-state index contributed by atoms with van der Waals surface area (Å²) in [5.41, 5.74) is 8.49. The molecule has 0 spiro atoms. The number of ether oxygens (including phenoxy) is 1. The largest absolute Gasteiger partial charge is 0.484 e. The Morgan fingerprint density at radius 1 is 1.13 bits per heavy atom. The molecule has 8 heteroatoms. The predicted molar refractivity (Wildman–Crippen MR) is 121 cm³/mol. The van der Waals surface area contributed by atoms with E-state index in [4.69, 9.17) is 10.5 Å². The van der Waals surface area contributed by atoms with Crippen LogP contribution in [-0.4, -0.2) is 34.8 Å². The lowest BCUT2D eigenvalue weighted by Crippen LogP contribution is -2.37. The number of hydrogen-bond donors (Lipinski definition) is 3. The van der Waals surface area contributed by atoms with Crippen LogP contribution in [-0.2, 0) is 24.4 Å². The Labute approximate surface area is 182 Å². The lowest BCUT2D eigenvalue weighted by Gasteiger charge is -2.14. The Morgan fingerprint density at radius 3 is 2.71 bits per heavy atom. The zero-order valence-corrected chi connectivity index (χ0v) is 17.6. The van der Waals surface area contributed by atoms with Crippen molar-refractivity contribution in [3.63, 3.8) is 0 Å². The second kappa shape index (κ2) is 11.4. The van der Waals surface area contributed by atoms with Crippen molar-refractivity contribution in [1.29, 1.82) is 0 Å². The van der Waals surface area contributed by atoms with Crippen LogP contribution in [0.5, 0.6) is 5.75 Å². The number of carbonyl (C=O) groups is 1. The van der Waals surface area contributed by atoms with Crippen molar-refractivity contribution < 1.29 is 9.53 Å². The maximum absolute atomic E-state index is 10.9. The zero-order valence-electron chi connectivity index (χ0n) is 17.6. The van der Waals surface area contributed by atoms with Crippen LogP contribution in [0.25, 0.3) is 0 Å². The number of aromatic nitrogens is 2. The number of nitrogens with zero attached hydrogens (tertiary/aromatic N) is 3. The molecule has 0 saturated carbocycles. The monoisotopic (exact) mass is 420 g/mol. The van der Waals surface area contributed by atoms with E-state index >= 15 is 0 Å². The number of primary amides is 1. The van der Waals surface area contributed by atoms with Gasteiger partial charge in [0.05, 0.1) is 13.1 Å². The Balaban J connectivity index is 1.63. The molecular weight excluding hydrogens is 392 g/mol. The second-order valence-corrected chi connectivity index (χ2v) is 6.92. The Bertz CT molecular complexity index is 1000. The SMILES string of the molecule is CCNC(=NCc1cccc(OCC(N)=O)c1)NCc1ccccc1Cn1cccn1. The van der Waals surface area contributed by atoms with E-state index in [-0.39, 0.29) is 6.61 Å². The van der Waals surface area contributed by atoms with E-state index in [1.165, 1.54) is 11.1 Å². The fourth-order valence-corrected chi connectivity index (χ4v) is 3.03. The molecule has 1 amide bonds. The van der Waals surface area contributed by atoms with Crippen LogP contribution in [0.3, 0.4) is 0 Å². The molecule has 1 heterocycles. The van der Waals surface area contributed by atoms with Gasteiger partial charge in [0.15, 0.2) is 12.6 Å². The normalized spacial score (nSPS) is 11.2. The van der Waals surface area contributed by atoms with Crippen LogP contribution >= 0.6 is 0 Å². The number of nitrogens with one attached hydrogen (secondary N) is 2. The molecule has 162 valence electrons.